The predicted molar refractivity (Wildman–Crippen MR) is 73.1 cm³/mol. The minimum absolute atomic E-state index is 0.286. The summed E-state index contributed by atoms with van der Waals surface area (Å²) in [6.07, 6.45) is 0.358. The molecule has 94 valence electrons. The molecule has 0 atom stereocenters. The topological polar surface area (TPSA) is 68.0 Å². The van der Waals surface area contributed by atoms with Gasteiger partial charge in [0.1, 0.15) is 5.01 Å². The number of rotatable bonds is 6. The summed E-state index contributed by atoms with van der Waals surface area (Å²) < 4.78 is 0. The van der Waals surface area contributed by atoms with E-state index < -0.39 is 0 Å². The van der Waals surface area contributed by atoms with Crippen LogP contribution in [-0.2, 0) is 11.3 Å². The Bertz CT molecular complexity index is 510. The van der Waals surface area contributed by atoms with Crippen LogP contribution in [0.25, 0.3) is 11.3 Å². The first kappa shape index (κ1) is 12.7. The first-order valence-corrected chi connectivity index (χ1v) is 6.62. The largest absolute Gasteiger partial charge is 0.370 e. The zero-order chi connectivity index (χ0) is 12.8. The van der Waals surface area contributed by atoms with Gasteiger partial charge in [0.15, 0.2) is 0 Å². The molecule has 1 heterocycles. The summed E-state index contributed by atoms with van der Waals surface area (Å²) in [6.45, 7) is 1.26. The minimum Gasteiger partial charge on any atom is -0.370 e. The van der Waals surface area contributed by atoms with Gasteiger partial charge in [-0.05, 0) is 0 Å². The van der Waals surface area contributed by atoms with E-state index in [9.17, 15) is 4.79 Å². The maximum Gasteiger partial charge on any atom is 0.218 e. The fourth-order valence-corrected chi connectivity index (χ4v) is 2.31. The van der Waals surface area contributed by atoms with E-state index in [1.165, 1.54) is 0 Å². The lowest BCUT2D eigenvalue weighted by molar-refractivity contribution is -0.117. The standard InChI is InChI=1S/C13H15N3OS/c14-12(17)6-7-15-8-13-16-11(9-18-13)10-4-2-1-3-5-10/h1-5,9,15H,6-8H2,(H2,14,17). The zero-order valence-corrected chi connectivity index (χ0v) is 10.7. The molecular formula is C13H15N3OS. The molecule has 0 saturated carbocycles. The van der Waals surface area contributed by atoms with E-state index in [2.05, 4.69) is 10.3 Å². The number of nitrogens with two attached hydrogens (primary N) is 1. The molecular weight excluding hydrogens is 246 g/mol. The van der Waals surface area contributed by atoms with Crippen molar-refractivity contribution in [1.82, 2.24) is 10.3 Å². The number of nitrogens with one attached hydrogen (secondary N) is 1. The molecule has 0 fully saturated rings. The molecule has 0 aliphatic heterocycles. The fourth-order valence-electron chi connectivity index (χ4n) is 1.54. The van der Waals surface area contributed by atoms with Gasteiger partial charge in [-0.3, -0.25) is 4.79 Å². The van der Waals surface area contributed by atoms with E-state index in [-0.39, 0.29) is 5.91 Å². The second-order valence-electron chi connectivity index (χ2n) is 3.89. The highest BCUT2D eigenvalue weighted by Crippen LogP contribution is 2.21. The van der Waals surface area contributed by atoms with Gasteiger partial charge in [-0.15, -0.1) is 11.3 Å². The van der Waals surface area contributed by atoms with E-state index in [0.717, 1.165) is 16.3 Å². The van der Waals surface area contributed by atoms with Gasteiger partial charge in [0.05, 0.1) is 5.69 Å². The van der Waals surface area contributed by atoms with E-state index in [4.69, 9.17) is 5.73 Å². The van der Waals surface area contributed by atoms with Gasteiger partial charge in [-0.2, -0.15) is 0 Å². The summed E-state index contributed by atoms with van der Waals surface area (Å²) in [7, 11) is 0. The van der Waals surface area contributed by atoms with Crippen molar-refractivity contribution in [3.63, 3.8) is 0 Å². The maximum absolute atomic E-state index is 10.6. The first-order valence-electron chi connectivity index (χ1n) is 5.74. The number of aromatic nitrogens is 1. The van der Waals surface area contributed by atoms with Crippen LogP contribution in [0.5, 0.6) is 0 Å². The van der Waals surface area contributed by atoms with Crippen LogP contribution < -0.4 is 11.1 Å². The summed E-state index contributed by atoms with van der Waals surface area (Å²) in [5.74, 6) is -0.286. The number of nitrogens with zero attached hydrogens (tertiary/aromatic N) is 1. The number of hydrogen-bond donors (Lipinski definition) is 2. The molecule has 0 saturated heterocycles. The molecule has 0 unspecified atom stereocenters. The summed E-state index contributed by atoms with van der Waals surface area (Å²) in [6, 6.07) is 10.1. The average Bonchev–Trinajstić information content (AvgIpc) is 2.84. The van der Waals surface area contributed by atoms with Gasteiger partial charge < -0.3 is 11.1 Å². The van der Waals surface area contributed by atoms with Gasteiger partial charge in [-0.1, -0.05) is 30.3 Å². The molecule has 0 aliphatic carbocycles. The molecule has 1 aromatic carbocycles. The lowest BCUT2D eigenvalue weighted by Crippen LogP contribution is -2.21. The van der Waals surface area contributed by atoms with Crippen LogP contribution in [-0.4, -0.2) is 17.4 Å². The highest BCUT2D eigenvalue weighted by atomic mass is 32.1. The quantitative estimate of drug-likeness (QED) is 0.779. The van der Waals surface area contributed by atoms with Gasteiger partial charge in [-0.25, -0.2) is 4.98 Å². The third-order valence-electron chi connectivity index (χ3n) is 2.45. The SMILES string of the molecule is NC(=O)CCNCc1nc(-c2ccccc2)cs1. The Morgan fingerprint density at radius 1 is 1.33 bits per heavy atom. The van der Waals surface area contributed by atoms with Crippen molar-refractivity contribution in [3.05, 3.63) is 40.7 Å². The monoisotopic (exact) mass is 261 g/mol. The number of primary amides is 1. The summed E-state index contributed by atoms with van der Waals surface area (Å²) in [4.78, 5) is 15.1. The molecule has 4 nitrogen and oxygen atoms in total. The molecule has 0 radical (unpaired) electrons. The van der Waals surface area contributed by atoms with E-state index in [1.54, 1.807) is 11.3 Å². The second kappa shape index (κ2) is 6.28. The van der Waals surface area contributed by atoms with Crippen LogP contribution in [0.4, 0.5) is 0 Å². The molecule has 18 heavy (non-hydrogen) atoms. The molecule has 0 spiro atoms. The lowest BCUT2D eigenvalue weighted by Gasteiger charge is -1.99. The molecule has 0 aliphatic rings. The predicted octanol–water partition coefficient (Wildman–Crippen LogP) is 1.78. The molecule has 2 aromatic rings. The Kier molecular flexibility index (Phi) is 4.44. The third kappa shape index (κ3) is 3.65. The first-order chi connectivity index (χ1) is 8.75. The van der Waals surface area contributed by atoms with Crippen molar-refractivity contribution in [2.75, 3.05) is 6.54 Å². The number of hydrogen-bond acceptors (Lipinski definition) is 4. The van der Waals surface area contributed by atoms with Crippen LogP contribution >= 0.6 is 11.3 Å². The number of benzene rings is 1. The Morgan fingerprint density at radius 3 is 2.83 bits per heavy atom. The number of thiazole rings is 1. The van der Waals surface area contributed by atoms with Crippen LogP contribution in [0.2, 0.25) is 0 Å². The lowest BCUT2D eigenvalue weighted by atomic mass is 10.2. The smallest absolute Gasteiger partial charge is 0.218 e. The Balaban J connectivity index is 1.89. The van der Waals surface area contributed by atoms with Gasteiger partial charge >= 0.3 is 0 Å². The number of amides is 1. The van der Waals surface area contributed by atoms with Crippen molar-refractivity contribution in [2.24, 2.45) is 5.73 Å². The van der Waals surface area contributed by atoms with Crippen LogP contribution in [0.15, 0.2) is 35.7 Å². The second-order valence-corrected chi connectivity index (χ2v) is 4.83. The average molecular weight is 261 g/mol. The maximum atomic E-state index is 10.6. The number of carbonyl (C=O) groups excluding carboxylic acids is 1. The Hall–Kier alpha value is -1.72. The Labute approximate surface area is 110 Å². The van der Waals surface area contributed by atoms with Crippen LogP contribution in [0.3, 0.4) is 0 Å². The van der Waals surface area contributed by atoms with Crippen molar-refractivity contribution in [3.8, 4) is 11.3 Å². The third-order valence-corrected chi connectivity index (χ3v) is 3.29. The number of carbonyl (C=O) groups is 1. The fraction of sp³-hybridized carbons (Fsp3) is 0.231. The van der Waals surface area contributed by atoms with Crippen LogP contribution in [0.1, 0.15) is 11.4 Å². The Morgan fingerprint density at radius 2 is 2.11 bits per heavy atom. The molecule has 0 bridgehead atoms. The van der Waals surface area contributed by atoms with Crippen LogP contribution in [0, 0.1) is 0 Å². The van der Waals surface area contributed by atoms with Crippen molar-refractivity contribution >= 4 is 17.2 Å². The van der Waals surface area contributed by atoms with E-state index in [0.29, 0.717) is 19.5 Å². The summed E-state index contributed by atoms with van der Waals surface area (Å²) >= 11 is 1.61. The van der Waals surface area contributed by atoms with Gasteiger partial charge in [0.25, 0.3) is 0 Å². The molecule has 2 rings (SSSR count). The van der Waals surface area contributed by atoms with E-state index >= 15 is 0 Å². The summed E-state index contributed by atoms with van der Waals surface area (Å²) in [5, 5.41) is 6.20. The van der Waals surface area contributed by atoms with E-state index in [1.807, 2.05) is 35.7 Å². The normalized spacial score (nSPS) is 10.4. The highest BCUT2D eigenvalue weighted by Gasteiger charge is 2.03. The molecule has 1 amide bonds. The summed E-state index contributed by atoms with van der Waals surface area (Å²) in [5.41, 5.74) is 7.18. The molecule has 5 heteroatoms. The molecule has 1 aromatic heterocycles. The van der Waals surface area contributed by atoms with Crippen molar-refractivity contribution < 1.29 is 4.79 Å². The van der Waals surface area contributed by atoms with Crippen molar-refractivity contribution in [2.45, 2.75) is 13.0 Å². The van der Waals surface area contributed by atoms with Crippen molar-refractivity contribution in [1.29, 1.82) is 0 Å². The van der Waals surface area contributed by atoms with Gasteiger partial charge in [0.2, 0.25) is 5.91 Å². The minimum atomic E-state index is -0.286. The van der Waals surface area contributed by atoms with Gasteiger partial charge in [0, 0.05) is 30.5 Å². The molecule has 3 N–H and O–H groups in total. The highest BCUT2D eigenvalue weighted by molar-refractivity contribution is 7.09. The zero-order valence-electron chi connectivity index (χ0n) is 9.93.